The van der Waals surface area contributed by atoms with E-state index in [4.69, 9.17) is 17.3 Å². The molecule has 0 saturated carbocycles. The zero-order valence-electron chi connectivity index (χ0n) is 10.2. The molecule has 3 nitrogen and oxygen atoms in total. The van der Waals surface area contributed by atoms with Crippen LogP contribution in [0.5, 0.6) is 0 Å². The maximum absolute atomic E-state index is 12.2. The highest BCUT2D eigenvalue weighted by Crippen LogP contribution is 2.23. The van der Waals surface area contributed by atoms with Gasteiger partial charge in [0.05, 0.1) is 14.5 Å². The Balaban J connectivity index is 2.12. The zero-order chi connectivity index (χ0) is 14.0. The number of hydrogen-bond donors (Lipinski definition) is 1. The van der Waals surface area contributed by atoms with Gasteiger partial charge in [-0.15, -0.1) is 11.3 Å². The van der Waals surface area contributed by atoms with E-state index in [-0.39, 0.29) is 5.91 Å². The molecule has 0 atom stereocenters. The quantitative estimate of drug-likeness (QED) is 0.841. The number of carbonyl (C=O) groups is 1. The number of benzene rings is 1. The van der Waals surface area contributed by atoms with Crippen LogP contribution >= 0.6 is 38.9 Å². The number of carbonyl (C=O) groups excluding carboxylic acids is 1. The summed E-state index contributed by atoms with van der Waals surface area (Å²) in [5.41, 5.74) is 7.76. The molecule has 1 amide bonds. The van der Waals surface area contributed by atoms with E-state index in [2.05, 4.69) is 15.9 Å². The molecule has 0 aliphatic heterocycles. The lowest BCUT2D eigenvalue weighted by atomic mass is 10.1. The maximum atomic E-state index is 12.2. The number of anilines is 1. The van der Waals surface area contributed by atoms with Gasteiger partial charge in [-0.1, -0.05) is 11.6 Å². The van der Waals surface area contributed by atoms with Gasteiger partial charge in [0, 0.05) is 19.2 Å². The first-order valence-corrected chi connectivity index (χ1v) is 7.56. The number of rotatable bonds is 3. The van der Waals surface area contributed by atoms with Crippen molar-refractivity contribution in [1.82, 2.24) is 4.90 Å². The van der Waals surface area contributed by atoms with Crippen LogP contribution in [0.1, 0.15) is 15.9 Å². The van der Waals surface area contributed by atoms with E-state index in [1.54, 1.807) is 41.5 Å². The lowest BCUT2D eigenvalue weighted by Gasteiger charge is -2.16. The summed E-state index contributed by atoms with van der Waals surface area (Å²) in [5.74, 6) is -0.0781. The van der Waals surface area contributed by atoms with Crippen LogP contribution in [0, 0.1) is 0 Å². The predicted molar refractivity (Wildman–Crippen MR) is 83.7 cm³/mol. The Morgan fingerprint density at radius 1 is 1.47 bits per heavy atom. The number of halogens is 2. The van der Waals surface area contributed by atoms with Crippen LogP contribution in [0.4, 0.5) is 5.69 Å². The standard InChI is InChI=1S/C13H12BrClN2OS/c1-17(6-8-4-12(14)19-7-8)13(18)9-2-3-10(15)11(16)5-9/h2-5,7H,6,16H2,1H3. The molecule has 1 aromatic heterocycles. The number of hydrogen-bond acceptors (Lipinski definition) is 3. The number of nitrogens with two attached hydrogens (primary N) is 1. The highest BCUT2D eigenvalue weighted by molar-refractivity contribution is 9.11. The molecule has 100 valence electrons. The van der Waals surface area contributed by atoms with E-state index in [1.165, 1.54) is 0 Å². The van der Waals surface area contributed by atoms with Crippen LogP contribution in [0.25, 0.3) is 0 Å². The average Bonchev–Trinajstić information content (AvgIpc) is 2.77. The second kappa shape index (κ2) is 5.94. The molecule has 2 rings (SSSR count). The van der Waals surface area contributed by atoms with Gasteiger partial charge >= 0.3 is 0 Å². The van der Waals surface area contributed by atoms with Gasteiger partial charge < -0.3 is 10.6 Å². The SMILES string of the molecule is CN(Cc1csc(Br)c1)C(=O)c1ccc(Cl)c(N)c1. The van der Waals surface area contributed by atoms with E-state index < -0.39 is 0 Å². The third-order valence-electron chi connectivity index (χ3n) is 2.63. The summed E-state index contributed by atoms with van der Waals surface area (Å²) in [5, 5.41) is 2.48. The molecule has 0 aliphatic carbocycles. The van der Waals surface area contributed by atoms with Gasteiger partial charge in [0.25, 0.3) is 5.91 Å². The fraction of sp³-hybridized carbons (Fsp3) is 0.154. The molecule has 0 radical (unpaired) electrons. The number of thiophene rings is 1. The Bertz CT molecular complexity index is 614. The largest absolute Gasteiger partial charge is 0.398 e. The minimum atomic E-state index is -0.0781. The molecule has 1 aromatic carbocycles. The minimum Gasteiger partial charge on any atom is -0.398 e. The maximum Gasteiger partial charge on any atom is 0.253 e. The monoisotopic (exact) mass is 358 g/mol. The third-order valence-corrected chi connectivity index (χ3v) is 4.53. The fourth-order valence-corrected chi connectivity index (χ4v) is 2.99. The molecular weight excluding hydrogens is 348 g/mol. The Labute approximate surface area is 129 Å². The normalized spacial score (nSPS) is 10.5. The Kier molecular flexibility index (Phi) is 4.50. The molecule has 0 saturated heterocycles. The van der Waals surface area contributed by atoms with Crippen molar-refractivity contribution < 1.29 is 4.79 Å². The van der Waals surface area contributed by atoms with Crippen molar-refractivity contribution >= 4 is 50.5 Å². The summed E-state index contributed by atoms with van der Waals surface area (Å²) in [7, 11) is 1.76. The first-order valence-electron chi connectivity index (χ1n) is 5.51. The molecule has 1 heterocycles. The van der Waals surface area contributed by atoms with Gasteiger partial charge in [-0.2, -0.15) is 0 Å². The van der Waals surface area contributed by atoms with E-state index >= 15 is 0 Å². The molecule has 19 heavy (non-hydrogen) atoms. The van der Waals surface area contributed by atoms with E-state index in [9.17, 15) is 4.79 Å². The van der Waals surface area contributed by atoms with Crippen molar-refractivity contribution in [3.05, 3.63) is 49.6 Å². The molecule has 6 heteroatoms. The van der Waals surface area contributed by atoms with Crippen LogP contribution in [0.2, 0.25) is 5.02 Å². The lowest BCUT2D eigenvalue weighted by Crippen LogP contribution is -2.26. The van der Waals surface area contributed by atoms with E-state index in [1.807, 2.05) is 11.4 Å². The predicted octanol–water partition coefficient (Wildman–Crippen LogP) is 4.02. The van der Waals surface area contributed by atoms with Crippen molar-refractivity contribution in [1.29, 1.82) is 0 Å². The van der Waals surface area contributed by atoms with Gasteiger partial charge in [-0.05, 0) is 51.1 Å². The van der Waals surface area contributed by atoms with E-state index in [0.717, 1.165) is 9.35 Å². The zero-order valence-corrected chi connectivity index (χ0v) is 13.3. The first kappa shape index (κ1) is 14.4. The number of nitrogen functional groups attached to an aromatic ring is 1. The molecule has 2 N–H and O–H groups in total. The lowest BCUT2D eigenvalue weighted by molar-refractivity contribution is 0.0785. The van der Waals surface area contributed by atoms with Crippen molar-refractivity contribution in [2.24, 2.45) is 0 Å². The summed E-state index contributed by atoms with van der Waals surface area (Å²) in [6.45, 7) is 0.559. The third kappa shape index (κ3) is 3.49. The second-order valence-electron chi connectivity index (χ2n) is 4.16. The molecule has 0 aliphatic rings. The smallest absolute Gasteiger partial charge is 0.253 e. The van der Waals surface area contributed by atoms with Gasteiger partial charge in [-0.3, -0.25) is 4.79 Å². The highest BCUT2D eigenvalue weighted by atomic mass is 79.9. The Morgan fingerprint density at radius 2 is 2.21 bits per heavy atom. The molecule has 0 bridgehead atoms. The molecular formula is C13H12BrClN2OS. The Hall–Kier alpha value is -1.04. The number of amides is 1. The molecule has 0 spiro atoms. The molecule has 0 fully saturated rings. The van der Waals surface area contributed by atoms with Crippen LogP contribution in [0.3, 0.4) is 0 Å². The van der Waals surface area contributed by atoms with Gasteiger partial charge in [-0.25, -0.2) is 0 Å². The summed E-state index contributed by atoms with van der Waals surface area (Å²) in [6.07, 6.45) is 0. The van der Waals surface area contributed by atoms with Gasteiger partial charge in [0.2, 0.25) is 0 Å². The van der Waals surface area contributed by atoms with Crippen LogP contribution in [-0.4, -0.2) is 17.9 Å². The Morgan fingerprint density at radius 3 is 2.79 bits per heavy atom. The van der Waals surface area contributed by atoms with Crippen LogP contribution < -0.4 is 5.73 Å². The van der Waals surface area contributed by atoms with Crippen molar-refractivity contribution in [3.8, 4) is 0 Å². The van der Waals surface area contributed by atoms with Crippen molar-refractivity contribution in [2.45, 2.75) is 6.54 Å². The van der Waals surface area contributed by atoms with Crippen molar-refractivity contribution in [3.63, 3.8) is 0 Å². The summed E-state index contributed by atoms with van der Waals surface area (Å²) in [6, 6.07) is 6.93. The second-order valence-corrected chi connectivity index (χ2v) is 6.85. The van der Waals surface area contributed by atoms with Crippen LogP contribution in [-0.2, 0) is 6.54 Å². The summed E-state index contributed by atoms with van der Waals surface area (Å²) >= 11 is 10.8. The molecule has 2 aromatic rings. The van der Waals surface area contributed by atoms with Crippen LogP contribution in [0.15, 0.2) is 33.4 Å². The topological polar surface area (TPSA) is 46.3 Å². The highest BCUT2D eigenvalue weighted by Gasteiger charge is 2.13. The van der Waals surface area contributed by atoms with Gasteiger partial charge in [0.15, 0.2) is 0 Å². The molecule has 0 unspecified atom stereocenters. The van der Waals surface area contributed by atoms with Crippen molar-refractivity contribution in [2.75, 3.05) is 12.8 Å². The number of nitrogens with zero attached hydrogens (tertiary/aromatic N) is 1. The average molecular weight is 360 g/mol. The minimum absolute atomic E-state index is 0.0781. The first-order chi connectivity index (χ1) is 8.97. The summed E-state index contributed by atoms with van der Waals surface area (Å²) < 4.78 is 1.05. The van der Waals surface area contributed by atoms with E-state index in [0.29, 0.717) is 22.8 Å². The van der Waals surface area contributed by atoms with Gasteiger partial charge in [0.1, 0.15) is 0 Å². The fourth-order valence-electron chi connectivity index (χ4n) is 1.67. The summed E-state index contributed by atoms with van der Waals surface area (Å²) in [4.78, 5) is 13.9.